The third-order valence-corrected chi connectivity index (χ3v) is 6.31. The van der Waals surface area contributed by atoms with Gasteiger partial charge in [-0.2, -0.15) is 0 Å². The minimum Gasteiger partial charge on any atom is -0.484 e. The quantitative estimate of drug-likeness (QED) is 0.574. The smallest absolute Gasteiger partial charge is 0.257 e. The molecule has 0 saturated carbocycles. The van der Waals surface area contributed by atoms with Gasteiger partial charge in [0.1, 0.15) is 25.4 Å². The lowest BCUT2D eigenvalue weighted by molar-refractivity contribution is 0.160. The predicted octanol–water partition coefficient (Wildman–Crippen LogP) is 4.61. The van der Waals surface area contributed by atoms with E-state index in [4.69, 9.17) is 9.47 Å². The maximum Gasteiger partial charge on any atom is 0.257 e. The van der Waals surface area contributed by atoms with Crippen LogP contribution in [0, 0.1) is 0 Å². The Morgan fingerprint density at radius 2 is 2.00 bits per heavy atom. The van der Waals surface area contributed by atoms with Gasteiger partial charge in [0, 0.05) is 41.6 Å². The Morgan fingerprint density at radius 3 is 2.88 bits per heavy atom. The number of nitrogens with one attached hydrogen (secondary N) is 2. The zero-order chi connectivity index (χ0) is 22.8. The van der Waals surface area contributed by atoms with E-state index in [0.29, 0.717) is 25.6 Å². The third kappa shape index (κ3) is 4.20. The highest BCUT2D eigenvalue weighted by molar-refractivity contribution is 5.85. The molecule has 0 amide bonds. The van der Waals surface area contributed by atoms with E-state index in [2.05, 4.69) is 63.5 Å². The minimum atomic E-state index is -0.193. The number of fused-ring (bicyclic) bond motifs is 2. The molecule has 5 rings (SSSR count). The molecule has 3 aromatic rings. The van der Waals surface area contributed by atoms with Crippen molar-refractivity contribution in [2.24, 2.45) is 4.99 Å². The van der Waals surface area contributed by atoms with Crippen LogP contribution in [0.1, 0.15) is 32.8 Å². The van der Waals surface area contributed by atoms with Crippen LogP contribution in [0.5, 0.6) is 11.6 Å². The molecule has 170 valence electrons. The van der Waals surface area contributed by atoms with Crippen molar-refractivity contribution < 1.29 is 9.47 Å². The molecule has 2 aliphatic heterocycles. The Balaban J connectivity index is 1.37. The average Bonchev–Trinajstić information content (AvgIpc) is 2.87. The van der Waals surface area contributed by atoms with Crippen LogP contribution in [0.15, 0.2) is 47.8 Å². The maximum absolute atomic E-state index is 5.93. The molecule has 1 unspecified atom stereocenters. The van der Waals surface area contributed by atoms with Crippen molar-refractivity contribution in [1.29, 1.82) is 0 Å². The van der Waals surface area contributed by atoms with Gasteiger partial charge in [0.2, 0.25) is 0 Å². The number of hydrogen-bond acceptors (Lipinski definition) is 8. The minimum absolute atomic E-state index is 0.193. The van der Waals surface area contributed by atoms with Gasteiger partial charge in [-0.05, 0) is 31.5 Å². The molecule has 33 heavy (non-hydrogen) atoms. The number of aromatic nitrogens is 3. The number of hydrogen-bond donors (Lipinski definition) is 2. The van der Waals surface area contributed by atoms with Crippen molar-refractivity contribution in [3.63, 3.8) is 0 Å². The standard InChI is InChI=1S/C25H28N6O2/c1-4-25(3,18-7-8-26-24-23(18)32-9-10-33-24)14-28-22-12-20(29-15-30-22)17-5-6-19-21(11-17)27-13-16(2)31-19/h5-8,11-13,15-16,31H,4,9-10,14H2,1-3H3,(H,28,29,30)/t16?,25-/m1/s1. The van der Waals surface area contributed by atoms with E-state index in [0.717, 1.165) is 46.2 Å². The lowest BCUT2D eigenvalue weighted by atomic mass is 9.79. The van der Waals surface area contributed by atoms with Crippen LogP contribution in [0.25, 0.3) is 11.3 Å². The molecule has 2 aliphatic rings. The highest BCUT2D eigenvalue weighted by Gasteiger charge is 2.31. The largest absolute Gasteiger partial charge is 0.484 e. The van der Waals surface area contributed by atoms with E-state index in [9.17, 15) is 0 Å². The predicted molar refractivity (Wildman–Crippen MR) is 130 cm³/mol. The molecule has 0 bridgehead atoms. The summed E-state index contributed by atoms with van der Waals surface area (Å²) in [5.74, 6) is 2.09. The summed E-state index contributed by atoms with van der Waals surface area (Å²) in [6.07, 6.45) is 6.20. The molecule has 0 saturated heterocycles. The van der Waals surface area contributed by atoms with Gasteiger partial charge in [-0.3, -0.25) is 4.99 Å². The maximum atomic E-state index is 5.93. The molecular weight excluding hydrogens is 416 g/mol. The second kappa shape index (κ2) is 8.69. The van der Waals surface area contributed by atoms with Gasteiger partial charge < -0.3 is 20.1 Å². The molecule has 8 heteroatoms. The molecule has 0 radical (unpaired) electrons. The molecule has 0 fully saturated rings. The molecule has 2 N–H and O–H groups in total. The first kappa shape index (κ1) is 21.2. The zero-order valence-corrected chi connectivity index (χ0v) is 19.1. The second-order valence-corrected chi connectivity index (χ2v) is 8.69. The third-order valence-electron chi connectivity index (χ3n) is 6.31. The normalized spacial score (nSPS) is 18.1. The zero-order valence-electron chi connectivity index (χ0n) is 19.1. The van der Waals surface area contributed by atoms with Crippen molar-refractivity contribution in [2.75, 3.05) is 30.4 Å². The number of benzene rings is 1. The molecule has 0 aliphatic carbocycles. The first-order valence-electron chi connectivity index (χ1n) is 11.3. The van der Waals surface area contributed by atoms with E-state index < -0.39 is 0 Å². The van der Waals surface area contributed by atoms with E-state index in [-0.39, 0.29) is 11.5 Å². The fraction of sp³-hybridized carbons (Fsp3) is 0.360. The number of nitrogens with zero attached hydrogens (tertiary/aromatic N) is 4. The fourth-order valence-corrected chi connectivity index (χ4v) is 4.13. The molecule has 4 heterocycles. The summed E-state index contributed by atoms with van der Waals surface area (Å²) in [4.78, 5) is 17.8. The summed E-state index contributed by atoms with van der Waals surface area (Å²) in [6.45, 7) is 8.20. The number of aliphatic imine (C=N–C) groups is 1. The van der Waals surface area contributed by atoms with E-state index >= 15 is 0 Å². The monoisotopic (exact) mass is 444 g/mol. The van der Waals surface area contributed by atoms with Crippen LogP contribution in [0.4, 0.5) is 17.2 Å². The summed E-state index contributed by atoms with van der Waals surface area (Å²) >= 11 is 0. The van der Waals surface area contributed by atoms with Crippen LogP contribution in [-0.2, 0) is 5.41 Å². The molecule has 0 spiro atoms. The summed E-state index contributed by atoms with van der Waals surface area (Å²) in [6, 6.07) is 10.4. The summed E-state index contributed by atoms with van der Waals surface area (Å²) < 4.78 is 11.6. The highest BCUT2D eigenvalue weighted by atomic mass is 16.6. The van der Waals surface area contributed by atoms with E-state index in [1.165, 1.54) is 0 Å². The van der Waals surface area contributed by atoms with Crippen molar-refractivity contribution in [3.8, 4) is 22.9 Å². The molecule has 2 aromatic heterocycles. The summed E-state index contributed by atoms with van der Waals surface area (Å²) in [5.41, 5.74) is 4.70. The Kier molecular flexibility index (Phi) is 5.58. The van der Waals surface area contributed by atoms with Gasteiger partial charge in [-0.15, -0.1) is 0 Å². The van der Waals surface area contributed by atoms with E-state index in [1.807, 2.05) is 24.4 Å². The van der Waals surface area contributed by atoms with Crippen LogP contribution < -0.4 is 20.1 Å². The average molecular weight is 445 g/mol. The van der Waals surface area contributed by atoms with Crippen molar-refractivity contribution in [3.05, 3.63) is 48.4 Å². The molecule has 8 nitrogen and oxygen atoms in total. The first-order chi connectivity index (χ1) is 16.1. The Labute approximate surface area is 193 Å². The lowest BCUT2D eigenvalue weighted by Gasteiger charge is -2.32. The van der Waals surface area contributed by atoms with Gasteiger partial charge in [0.05, 0.1) is 23.1 Å². The van der Waals surface area contributed by atoms with Crippen LogP contribution in [0.2, 0.25) is 0 Å². The van der Waals surface area contributed by atoms with Crippen molar-refractivity contribution >= 4 is 23.4 Å². The molecular formula is C25H28N6O2. The summed E-state index contributed by atoms with van der Waals surface area (Å²) in [7, 11) is 0. The first-order valence-corrected chi connectivity index (χ1v) is 11.3. The number of anilines is 2. The fourth-order valence-electron chi connectivity index (χ4n) is 4.13. The Morgan fingerprint density at radius 1 is 1.12 bits per heavy atom. The molecule has 1 aromatic carbocycles. The van der Waals surface area contributed by atoms with Crippen molar-refractivity contribution in [2.45, 2.75) is 38.6 Å². The van der Waals surface area contributed by atoms with Gasteiger partial charge in [0.15, 0.2) is 5.75 Å². The molecule has 2 atom stereocenters. The topological polar surface area (TPSA) is 93.6 Å². The van der Waals surface area contributed by atoms with E-state index in [1.54, 1.807) is 12.5 Å². The van der Waals surface area contributed by atoms with Crippen molar-refractivity contribution in [1.82, 2.24) is 15.0 Å². The summed E-state index contributed by atoms with van der Waals surface area (Å²) in [5, 5.41) is 6.92. The van der Waals surface area contributed by atoms with Gasteiger partial charge in [0.25, 0.3) is 5.88 Å². The SMILES string of the molecule is CC[C@](C)(CNc1cc(-c2ccc3c(c2)N=CC(C)N3)ncn1)c1ccnc2c1OCCO2. The van der Waals surface area contributed by atoms with Crippen LogP contribution in [0.3, 0.4) is 0 Å². The van der Waals surface area contributed by atoms with Gasteiger partial charge >= 0.3 is 0 Å². The Bertz CT molecular complexity index is 1200. The lowest BCUT2D eigenvalue weighted by Crippen LogP contribution is -2.32. The Hall–Kier alpha value is -3.68. The number of ether oxygens (including phenoxy) is 2. The second-order valence-electron chi connectivity index (χ2n) is 8.69. The number of rotatable bonds is 6. The van der Waals surface area contributed by atoms with Crippen LogP contribution in [-0.4, -0.2) is 47.0 Å². The highest BCUT2D eigenvalue weighted by Crippen LogP contribution is 2.40. The van der Waals surface area contributed by atoms with Gasteiger partial charge in [-0.1, -0.05) is 19.9 Å². The number of pyridine rings is 1. The van der Waals surface area contributed by atoms with Gasteiger partial charge in [-0.25, -0.2) is 15.0 Å². The van der Waals surface area contributed by atoms with Crippen LogP contribution >= 0.6 is 0 Å².